The zero-order valence-corrected chi connectivity index (χ0v) is 19.5. The van der Waals surface area contributed by atoms with Gasteiger partial charge in [-0.15, -0.1) is 0 Å². The number of hydrogen-bond donors (Lipinski definition) is 4. The van der Waals surface area contributed by atoms with Gasteiger partial charge in [0.25, 0.3) is 0 Å². The molecule has 0 saturated heterocycles. The molecule has 4 aromatic rings. The molecule has 2 aromatic carbocycles. The zero-order valence-electron chi connectivity index (χ0n) is 18.6. The SMILES string of the molecule is CN=S(C)(=O)c1ccc(-c2cnc(N)c(-c3cc(-c4ccc(CNC(=N)N)cc4)no3)n2)cc1. The van der Waals surface area contributed by atoms with Gasteiger partial charge in [-0.2, -0.15) is 0 Å². The van der Waals surface area contributed by atoms with Crippen LogP contribution in [0.1, 0.15) is 5.56 Å². The predicted octanol–water partition coefficient (Wildman–Crippen LogP) is 3.12. The van der Waals surface area contributed by atoms with Crippen LogP contribution in [0, 0.1) is 5.41 Å². The van der Waals surface area contributed by atoms with Gasteiger partial charge in [0.15, 0.2) is 23.2 Å². The summed E-state index contributed by atoms with van der Waals surface area (Å²) in [6.07, 6.45) is 3.17. The second-order valence-electron chi connectivity index (χ2n) is 7.54. The van der Waals surface area contributed by atoms with Crippen molar-refractivity contribution in [3.05, 3.63) is 66.4 Å². The molecule has 0 radical (unpaired) electrons. The minimum Gasteiger partial charge on any atom is -0.382 e. The van der Waals surface area contributed by atoms with Crippen molar-refractivity contribution in [2.24, 2.45) is 10.1 Å². The number of nitrogens with one attached hydrogen (secondary N) is 2. The van der Waals surface area contributed by atoms with Crippen LogP contribution in [-0.2, 0) is 16.3 Å². The Morgan fingerprint density at radius 2 is 1.76 bits per heavy atom. The summed E-state index contributed by atoms with van der Waals surface area (Å²) in [5, 5.41) is 14.2. The molecule has 0 aliphatic rings. The van der Waals surface area contributed by atoms with Crippen molar-refractivity contribution in [3.63, 3.8) is 0 Å². The Hall–Kier alpha value is -4.25. The first kappa shape index (κ1) is 22.9. The highest BCUT2D eigenvalue weighted by Gasteiger charge is 2.16. The number of anilines is 1. The second-order valence-corrected chi connectivity index (χ2v) is 9.98. The first-order chi connectivity index (χ1) is 16.3. The first-order valence-corrected chi connectivity index (χ1v) is 12.2. The average molecular weight is 477 g/mol. The highest BCUT2D eigenvalue weighted by Crippen LogP contribution is 2.30. The normalized spacial score (nSPS) is 12.6. The molecule has 0 aliphatic heterocycles. The number of aromatic nitrogens is 3. The van der Waals surface area contributed by atoms with E-state index in [1.54, 1.807) is 37.7 Å². The summed E-state index contributed by atoms with van der Waals surface area (Å²) in [5.74, 6) is 0.529. The van der Waals surface area contributed by atoms with E-state index in [-0.39, 0.29) is 11.8 Å². The Kier molecular flexibility index (Phi) is 6.28. The zero-order chi connectivity index (χ0) is 24.3. The molecule has 0 aliphatic carbocycles. The Bertz CT molecular complexity index is 1450. The molecule has 1 unspecified atom stereocenters. The maximum atomic E-state index is 12.4. The second kappa shape index (κ2) is 9.32. The smallest absolute Gasteiger partial charge is 0.189 e. The van der Waals surface area contributed by atoms with Crippen LogP contribution in [0.3, 0.4) is 0 Å². The molecule has 0 saturated carbocycles. The van der Waals surface area contributed by atoms with E-state index in [0.717, 1.165) is 16.7 Å². The lowest BCUT2D eigenvalue weighted by Gasteiger charge is -2.07. The summed E-state index contributed by atoms with van der Waals surface area (Å²) in [4.78, 5) is 9.54. The van der Waals surface area contributed by atoms with Crippen molar-refractivity contribution in [2.45, 2.75) is 11.4 Å². The third-order valence-electron chi connectivity index (χ3n) is 5.21. The molecular weight excluding hydrogens is 452 g/mol. The van der Waals surface area contributed by atoms with Crippen LogP contribution in [0.25, 0.3) is 34.0 Å². The number of nitrogens with two attached hydrogens (primary N) is 2. The van der Waals surface area contributed by atoms with E-state index in [4.69, 9.17) is 21.4 Å². The lowest BCUT2D eigenvalue weighted by atomic mass is 10.1. The fourth-order valence-electron chi connectivity index (χ4n) is 3.22. The fraction of sp³-hybridized carbons (Fsp3) is 0.130. The van der Waals surface area contributed by atoms with Gasteiger partial charge in [0, 0.05) is 41.9 Å². The van der Waals surface area contributed by atoms with Crippen LogP contribution < -0.4 is 16.8 Å². The molecule has 0 spiro atoms. The van der Waals surface area contributed by atoms with Crippen molar-refractivity contribution in [2.75, 3.05) is 19.0 Å². The molecule has 0 amide bonds. The number of rotatable bonds is 6. The van der Waals surface area contributed by atoms with Crippen LogP contribution >= 0.6 is 0 Å². The van der Waals surface area contributed by atoms with Crippen molar-refractivity contribution in [1.82, 2.24) is 20.4 Å². The summed E-state index contributed by atoms with van der Waals surface area (Å²) in [7, 11) is -0.870. The van der Waals surface area contributed by atoms with Crippen LogP contribution in [0.5, 0.6) is 0 Å². The van der Waals surface area contributed by atoms with Crippen molar-refractivity contribution in [3.8, 4) is 34.0 Å². The molecule has 0 fully saturated rings. The Morgan fingerprint density at radius 3 is 2.41 bits per heavy atom. The van der Waals surface area contributed by atoms with E-state index >= 15 is 0 Å². The van der Waals surface area contributed by atoms with Gasteiger partial charge in [-0.05, 0) is 17.7 Å². The minimum absolute atomic E-state index is 0.0800. The number of nitrogens with zero attached hydrogens (tertiary/aromatic N) is 4. The van der Waals surface area contributed by atoms with Gasteiger partial charge >= 0.3 is 0 Å². The molecule has 174 valence electrons. The average Bonchev–Trinajstić information content (AvgIpc) is 3.33. The highest BCUT2D eigenvalue weighted by molar-refractivity contribution is 7.93. The maximum absolute atomic E-state index is 12.4. The van der Waals surface area contributed by atoms with Gasteiger partial charge in [-0.25, -0.2) is 18.5 Å². The summed E-state index contributed by atoms with van der Waals surface area (Å²) in [6.45, 7) is 0.460. The Morgan fingerprint density at radius 1 is 1.12 bits per heavy atom. The molecule has 10 nitrogen and oxygen atoms in total. The number of guanidine groups is 1. The molecule has 34 heavy (non-hydrogen) atoms. The quantitative estimate of drug-likeness (QED) is 0.243. The van der Waals surface area contributed by atoms with Gasteiger partial charge in [-0.1, -0.05) is 41.6 Å². The molecule has 2 heterocycles. The molecule has 6 N–H and O–H groups in total. The predicted molar refractivity (Wildman–Crippen MR) is 132 cm³/mol. The van der Waals surface area contributed by atoms with Gasteiger partial charge in [0.05, 0.1) is 21.6 Å². The summed E-state index contributed by atoms with van der Waals surface area (Å²) < 4.78 is 21.9. The van der Waals surface area contributed by atoms with Crippen molar-refractivity contribution >= 4 is 21.5 Å². The third kappa shape index (κ3) is 4.89. The van der Waals surface area contributed by atoms with Crippen LogP contribution in [0.15, 0.2) is 74.6 Å². The number of hydrogen-bond acceptors (Lipinski definition) is 8. The van der Waals surface area contributed by atoms with E-state index in [2.05, 4.69) is 24.8 Å². The van der Waals surface area contributed by atoms with Crippen LogP contribution in [0.4, 0.5) is 5.82 Å². The summed E-state index contributed by atoms with van der Waals surface area (Å²) in [5.41, 5.74) is 15.6. The topological polar surface area (TPSA) is 169 Å². The molecule has 11 heteroatoms. The van der Waals surface area contributed by atoms with Crippen LogP contribution in [0.2, 0.25) is 0 Å². The fourth-order valence-corrected chi connectivity index (χ4v) is 4.07. The van der Waals surface area contributed by atoms with Gasteiger partial charge in [0.1, 0.15) is 5.69 Å². The van der Waals surface area contributed by atoms with E-state index in [9.17, 15) is 4.21 Å². The molecule has 2 aromatic heterocycles. The first-order valence-electron chi connectivity index (χ1n) is 10.2. The lowest BCUT2D eigenvalue weighted by Crippen LogP contribution is -2.29. The maximum Gasteiger partial charge on any atom is 0.189 e. The number of nitrogen functional groups attached to an aromatic ring is 1. The largest absolute Gasteiger partial charge is 0.382 e. The van der Waals surface area contributed by atoms with E-state index in [1.807, 2.05) is 36.4 Å². The number of benzene rings is 2. The summed E-state index contributed by atoms with van der Waals surface area (Å²) in [6, 6.07) is 16.6. The Labute approximate surface area is 197 Å². The molecule has 4 rings (SSSR count). The van der Waals surface area contributed by atoms with E-state index in [0.29, 0.717) is 34.3 Å². The van der Waals surface area contributed by atoms with Gasteiger partial charge in [-0.3, -0.25) is 5.41 Å². The Balaban J connectivity index is 1.60. The third-order valence-corrected chi connectivity index (χ3v) is 7.06. The van der Waals surface area contributed by atoms with Crippen LogP contribution in [-0.4, -0.2) is 38.6 Å². The lowest BCUT2D eigenvalue weighted by molar-refractivity contribution is 0.434. The standard InChI is InChI=1S/C23H24N8O2S/c1-27-34(2,32)17-9-7-16(8-10-17)19-13-28-22(24)21(30-19)20-11-18(31-33-20)15-5-3-14(4-6-15)12-29-23(25)26/h3-11,13H,12H2,1-2H3,(H2,24,28)(H4,25,26,29). The molecule has 1 atom stereocenters. The monoisotopic (exact) mass is 476 g/mol. The molecule has 0 bridgehead atoms. The molecular formula is C23H24N8O2S. The minimum atomic E-state index is -2.41. The van der Waals surface area contributed by atoms with E-state index in [1.165, 1.54) is 0 Å². The van der Waals surface area contributed by atoms with E-state index < -0.39 is 9.73 Å². The summed E-state index contributed by atoms with van der Waals surface area (Å²) >= 11 is 0. The van der Waals surface area contributed by atoms with Crippen molar-refractivity contribution in [1.29, 1.82) is 5.41 Å². The highest BCUT2D eigenvalue weighted by atomic mass is 32.2. The van der Waals surface area contributed by atoms with Gasteiger partial charge in [0.2, 0.25) is 0 Å². The van der Waals surface area contributed by atoms with Crippen molar-refractivity contribution < 1.29 is 8.73 Å². The van der Waals surface area contributed by atoms with Gasteiger partial charge < -0.3 is 21.3 Å².